The first kappa shape index (κ1) is 26.4. The maximum absolute atomic E-state index is 11.9. The fourth-order valence-corrected chi connectivity index (χ4v) is 4.40. The van der Waals surface area contributed by atoms with Crippen molar-refractivity contribution in [1.29, 1.82) is 0 Å². The second-order valence-electron chi connectivity index (χ2n) is 9.28. The lowest BCUT2D eigenvalue weighted by Gasteiger charge is -2.19. The summed E-state index contributed by atoms with van der Waals surface area (Å²) in [5.74, 6) is -0.0824. The van der Waals surface area contributed by atoms with Gasteiger partial charge in [-0.05, 0) is 61.1 Å². The van der Waals surface area contributed by atoms with Crippen LogP contribution in [0.1, 0.15) is 91.4 Å². The molecule has 0 fully saturated rings. The summed E-state index contributed by atoms with van der Waals surface area (Å²) in [6.45, 7) is 6.13. The Balaban J connectivity index is 2.06. The molecule has 0 bridgehead atoms. The Kier molecular flexibility index (Phi) is 7.73. The normalized spacial score (nSPS) is 10.5. The van der Waals surface area contributed by atoms with Gasteiger partial charge in [0.15, 0.2) is 23.1 Å². The molecule has 0 heterocycles. The number of hydrogen-bond donors (Lipinski definition) is 0. The number of Topliss-reactive ketones (excluding diaryl/α,β-unsaturated/α-hetero) is 4. The molecule has 4 aromatic carbocycles. The molecule has 0 aliphatic carbocycles. The fourth-order valence-electron chi connectivity index (χ4n) is 4.40. The van der Waals surface area contributed by atoms with Crippen LogP contribution in [0.3, 0.4) is 0 Å². The lowest BCUT2D eigenvalue weighted by molar-refractivity contribution is 0.100. The van der Waals surface area contributed by atoms with Gasteiger partial charge in [-0.15, -0.1) is 0 Å². The third-order valence-corrected chi connectivity index (χ3v) is 6.57. The minimum atomic E-state index is -0.0206. The van der Waals surface area contributed by atoms with Crippen LogP contribution in [-0.2, 0) is 0 Å². The Labute approximate surface area is 222 Å². The van der Waals surface area contributed by atoms with E-state index in [-0.39, 0.29) is 23.1 Å². The number of ketones is 4. The third-order valence-electron chi connectivity index (χ3n) is 6.57. The van der Waals surface area contributed by atoms with Gasteiger partial charge in [-0.1, -0.05) is 97.1 Å². The van der Waals surface area contributed by atoms with E-state index in [0.29, 0.717) is 22.3 Å². The molecule has 0 saturated heterocycles. The van der Waals surface area contributed by atoms with Crippen LogP contribution >= 0.6 is 0 Å². The molecule has 0 N–H and O–H groups in total. The molecule has 0 aliphatic heterocycles. The maximum atomic E-state index is 11.9. The van der Waals surface area contributed by atoms with Gasteiger partial charge in [-0.3, -0.25) is 19.2 Å². The number of carbonyl (C=O) groups is 4. The highest BCUT2D eigenvalue weighted by Gasteiger charge is 2.18. The molecule has 0 atom stereocenters. The Bertz CT molecular complexity index is 1310. The van der Waals surface area contributed by atoms with Crippen molar-refractivity contribution in [3.8, 4) is 0 Å². The third kappa shape index (κ3) is 5.65. The van der Waals surface area contributed by atoms with Crippen molar-refractivity contribution in [3.63, 3.8) is 0 Å². The molecule has 0 saturated carbocycles. The van der Waals surface area contributed by atoms with E-state index in [1.807, 2.05) is 48.5 Å². The molecule has 0 unspecified atom stereocenters. The van der Waals surface area contributed by atoms with Gasteiger partial charge >= 0.3 is 0 Å². The Morgan fingerprint density at radius 1 is 0.289 bits per heavy atom. The van der Waals surface area contributed by atoms with Crippen LogP contribution in [-0.4, -0.2) is 23.1 Å². The van der Waals surface area contributed by atoms with Crippen molar-refractivity contribution in [1.82, 2.24) is 0 Å². The molecule has 0 aromatic heterocycles. The summed E-state index contributed by atoms with van der Waals surface area (Å²) in [5.41, 5.74) is 7.74. The molecule has 0 amide bonds. The average Bonchev–Trinajstić information content (AvgIpc) is 2.92. The van der Waals surface area contributed by atoms with E-state index >= 15 is 0 Å². The molecule has 4 aromatic rings. The van der Waals surface area contributed by atoms with E-state index in [0.717, 1.165) is 33.4 Å². The highest BCUT2D eigenvalue weighted by Crippen LogP contribution is 2.37. The predicted molar refractivity (Wildman–Crippen MR) is 151 cm³/mol. The monoisotopic (exact) mass is 500 g/mol. The van der Waals surface area contributed by atoms with E-state index in [4.69, 9.17) is 0 Å². The zero-order valence-electron chi connectivity index (χ0n) is 21.9. The van der Waals surface area contributed by atoms with E-state index in [1.165, 1.54) is 27.7 Å². The van der Waals surface area contributed by atoms with Crippen LogP contribution in [0.25, 0.3) is 11.1 Å². The molecule has 38 heavy (non-hydrogen) atoms. The Morgan fingerprint density at radius 3 is 0.553 bits per heavy atom. The number of rotatable bonds is 8. The largest absolute Gasteiger partial charge is 0.295 e. The molecule has 4 rings (SSSR count). The lowest BCUT2D eigenvalue weighted by atomic mass is 9.84. The van der Waals surface area contributed by atoms with Gasteiger partial charge < -0.3 is 0 Å². The molecular weight excluding hydrogens is 472 g/mol. The zero-order chi connectivity index (χ0) is 27.4. The van der Waals surface area contributed by atoms with Gasteiger partial charge in [0.05, 0.1) is 0 Å². The van der Waals surface area contributed by atoms with E-state index in [9.17, 15) is 19.2 Å². The second kappa shape index (κ2) is 11.1. The van der Waals surface area contributed by atoms with Gasteiger partial charge in [-0.2, -0.15) is 0 Å². The van der Waals surface area contributed by atoms with E-state index < -0.39 is 0 Å². The van der Waals surface area contributed by atoms with Crippen LogP contribution < -0.4 is 0 Å². The first-order chi connectivity index (χ1) is 18.2. The van der Waals surface area contributed by atoms with Gasteiger partial charge in [0.1, 0.15) is 0 Å². The quantitative estimate of drug-likeness (QED) is 0.185. The summed E-state index contributed by atoms with van der Waals surface area (Å²) in [7, 11) is 0. The first-order valence-electron chi connectivity index (χ1n) is 12.4. The smallest absolute Gasteiger partial charge is 0.159 e. The lowest BCUT2D eigenvalue weighted by Crippen LogP contribution is -2.01. The minimum Gasteiger partial charge on any atom is -0.295 e. The molecule has 188 valence electrons. The summed E-state index contributed by atoms with van der Waals surface area (Å²) < 4.78 is 0. The summed E-state index contributed by atoms with van der Waals surface area (Å²) in [6, 6.07) is 29.7. The summed E-state index contributed by atoms with van der Waals surface area (Å²) in [5, 5.41) is 0. The van der Waals surface area contributed by atoms with Crippen LogP contribution in [0.15, 0.2) is 97.1 Å². The van der Waals surface area contributed by atoms with Crippen LogP contribution in [0, 0.1) is 0 Å². The summed E-state index contributed by atoms with van der Waals surface area (Å²) in [6.07, 6.45) is 0. The highest BCUT2D eigenvalue weighted by atomic mass is 16.1. The average molecular weight is 501 g/mol. The molecule has 0 spiro atoms. The summed E-state index contributed by atoms with van der Waals surface area (Å²) in [4.78, 5) is 47.8. The molecule has 0 radical (unpaired) electrons. The highest BCUT2D eigenvalue weighted by molar-refractivity contribution is 6.06. The molecule has 0 aliphatic rings. The Morgan fingerprint density at radius 2 is 0.421 bits per heavy atom. The number of benzene rings is 4. The second-order valence-corrected chi connectivity index (χ2v) is 9.28. The van der Waals surface area contributed by atoms with Crippen molar-refractivity contribution < 1.29 is 19.2 Å². The number of hydrogen-bond acceptors (Lipinski definition) is 4. The maximum Gasteiger partial charge on any atom is 0.159 e. The van der Waals surface area contributed by atoms with Gasteiger partial charge in [0, 0.05) is 22.3 Å². The zero-order valence-corrected chi connectivity index (χ0v) is 21.9. The SMILES string of the molecule is CC(=O)c1ccc(C(=C(c2ccc(C(C)=O)cc2)c2ccc(C(C)=O)cc2)c2ccc(C(C)=O)cc2)cc1. The molecule has 4 heteroatoms. The standard InChI is InChI=1S/C34H28O4/c1-21(35)25-5-13-29(14-6-25)33(30-15-7-26(8-16-30)22(2)36)34(31-17-9-27(10-18-31)23(3)37)32-19-11-28(12-20-32)24(4)38/h5-20H,1-4H3. The Hall–Kier alpha value is -4.70. The topological polar surface area (TPSA) is 68.3 Å². The van der Waals surface area contributed by atoms with E-state index in [2.05, 4.69) is 0 Å². The van der Waals surface area contributed by atoms with Crippen LogP contribution in [0.5, 0.6) is 0 Å². The van der Waals surface area contributed by atoms with Crippen molar-refractivity contribution >= 4 is 34.3 Å². The van der Waals surface area contributed by atoms with Gasteiger partial charge in [-0.25, -0.2) is 0 Å². The minimum absolute atomic E-state index is 0.0206. The molecular formula is C34H28O4. The van der Waals surface area contributed by atoms with Crippen molar-refractivity contribution in [2.24, 2.45) is 0 Å². The van der Waals surface area contributed by atoms with Crippen molar-refractivity contribution in [2.75, 3.05) is 0 Å². The van der Waals surface area contributed by atoms with Crippen molar-refractivity contribution in [3.05, 3.63) is 142 Å². The fraction of sp³-hybridized carbons (Fsp3) is 0.118. The van der Waals surface area contributed by atoms with Gasteiger partial charge in [0.2, 0.25) is 0 Å². The van der Waals surface area contributed by atoms with E-state index in [1.54, 1.807) is 48.5 Å². The van der Waals surface area contributed by atoms with Crippen LogP contribution in [0.2, 0.25) is 0 Å². The first-order valence-corrected chi connectivity index (χ1v) is 12.4. The summed E-state index contributed by atoms with van der Waals surface area (Å²) >= 11 is 0. The van der Waals surface area contributed by atoms with Gasteiger partial charge in [0.25, 0.3) is 0 Å². The van der Waals surface area contributed by atoms with Crippen molar-refractivity contribution in [2.45, 2.75) is 27.7 Å². The predicted octanol–water partition coefficient (Wildman–Crippen LogP) is 7.50. The molecule has 4 nitrogen and oxygen atoms in total. The number of carbonyl (C=O) groups excluding carboxylic acids is 4. The van der Waals surface area contributed by atoms with Crippen LogP contribution in [0.4, 0.5) is 0 Å².